The fraction of sp³-hybridized carbons (Fsp3) is 0.450. The van der Waals surface area contributed by atoms with Crippen LogP contribution in [0.5, 0.6) is 0 Å². The van der Waals surface area contributed by atoms with Gasteiger partial charge in [0, 0.05) is 42.7 Å². The second kappa shape index (κ2) is 9.60. The van der Waals surface area contributed by atoms with Crippen LogP contribution in [0.3, 0.4) is 0 Å². The minimum atomic E-state index is -0.164. The predicted octanol–water partition coefficient (Wildman–Crippen LogP) is 3.16. The molecule has 144 valence electrons. The first-order valence-corrected chi connectivity index (χ1v) is 10.6. The summed E-state index contributed by atoms with van der Waals surface area (Å²) in [4.78, 5) is 28.5. The summed E-state index contributed by atoms with van der Waals surface area (Å²) in [5.74, 6) is -0.148. The van der Waals surface area contributed by atoms with Gasteiger partial charge in [0.2, 0.25) is 5.91 Å². The number of carbonyl (C=O) groups is 2. The van der Waals surface area contributed by atoms with Crippen molar-refractivity contribution in [3.8, 4) is 5.69 Å². The molecule has 6 nitrogen and oxygen atoms in total. The normalized spacial score (nSPS) is 14.7. The number of hydrogen-bond donors (Lipinski definition) is 2. The summed E-state index contributed by atoms with van der Waals surface area (Å²) in [6.07, 6.45) is 11.7. The SMILES string of the molecule is CSc1nccn1-c1ccc(C(=O)NCCC(=O)NC2CCCCC2)cc1. The van der Waals surface area contributed by atoms with Crippen molar-refractivity contribution >= 4 is 23.6 Å². The number of thioether (sulfide) groups is 1. The van der Waals surface area contributed by atoms with Crippen molar-refractivity contribution in [2.45, 2.75) is 49.7 Å². The van der Waals surface area contributed by atoms with Gasteiger partial charge in [0.05, 0.1) is 0 Å². The highest BCUT2D eigenvalue weighted by molar-refractivity contribution is 7.98. The van der Waals surface area contributed by atoms with Crippen LogP contribution in [0.15, 0.2) is 41.8 Å². The minimum Gasteiger partial charge on any atom is -0.353 e. The lowest BCUT2D eigenvalue weighted by atomic mass is 9.95. The molecule has 1 aliphatic rings. The van der Waals surface area contributed by atoms with Crippen LogP contribution in [0.2, 0.25) is 0 Å². The van der Waals surface area contributed by atoms with Crippen molar-refractivity contribution in [2.24, 2.45) is 0 Å². The van der Waals surface area contributed by atoms with E-state index in [1.807, 2.05) is 29.2 Å². The molecule has 1 heterocycles. The molecule has 0 atom stereocenters. The molecular formula is C20H26N4O2S. The van der Waals surface area contributed by atoms with Crippen LogP contribution in [0.4, 0.5) is 0 Å². The van der Waals surface area contributed by atoms with Crippen molar-refractivity contribution in [1.82, 2.24) is 20.2 Å². The van der Waals surface area contributed by atoms with Crippen LogP contribution in [0.1, 0.15) is 48.9 Å². The van der Waals surface area contributed by atoms with Gasteiger partial charge in [-0.05, 0) is 43.4 Å². The third kappa shape index (κ3) is 5.35. The summed E-state index contributed by atoms with van der Waals surface area (Å²) in [5, 5.41) is 6.79. The summed E-state index contributed by atoms with van der Waals surface area (Å²) in [6.45, 7) is 0.345. The maximum atomic E-state index is 12.3. The lowest BCUT2D eigenvalue weighted by molar-refractivity contribution is -0.121. The molecule has 0 bridgehead atoms. The van der Waals surface area contributed by atoms with Crippen LogP contribution in [0.25, 0.3) is 5.69 Å². The zero-order valence-electron chi connectivity index (χ0n) is 15.6. The van der Waals surface area contributed by atoms with E-state index in [4.69, 9.17) is 0 Å². The summed E-state index contributed by atoms with van der Waals surface area (Å²) in [6, 6.07) is 7.68. The molecule has 1 aliphatic carbocycles. The Labute approximate surface area is 164 Å². The minimum absolute atomic E-state index is 0.0160. The fourth-order valence-corrected chi connectivity index (χ4v) is 3.88. The Kier molecular flexibility index (Phi) is 6.92. The Morgan fingerprint density at radius 3 is 2.63 bits per heavy atom. The van der Waals surface area contributed by atoms with Gasteiger partial charge in [0.25, 0.3) is 5.91 Å². The quantitative estimate of drug-likeness (QED) is 0.717. The van der Waals surface area contributed by atoms with Crippen LogP contribution in [-0.4, -0.2) is 40.2 Å². The number of nitrogens with zero attached hydrogens (tertiary/aromatic N) is 2. The summed E-state index contributed by atoms with van der Waals surface area (Å²) < 4.78 is 1.97. The van der Waals surface area contributed by atoms with Crippen LogP contribution >= 0.6 is 11.8 Å². The maximum Gasteiger partial charge on any atom is 0.251 e. The monoisotopic (exact) mass is 386 g/mol. The number of imidazole rings is 1. The first-order valence-electron chi connectivity index (χ1n) is 9.42. The van der Waals surface area contributed by atoms with Gasteiger partial charge in [-0.2, -0.15) is 0 Å². The van der Waals surface area contributed by atoms with E-state index in [1.54, 1.807) is 30.1 Å². The van der Waals surface area contributed by atoms with Gasteiger partial charge in [0.1, 0.15) is 0 Å². The van der Waals surface area contributed by atoms with Crippen molar-refractivity contribution in [3.63, 3.8) is 0 Å². The number of benzene rings is 1. The Hall–Kier alpha value is -2.28. The Morgan fingerprint density at radius 1 is 1.19 bits per heavy atom. The molecule has 0 saturated heterocycles. The average Bonchev–Trinajstić information content (AvgIpc) is 3.17. The van der Waals surface area contributed by atoms with Gasteiger partial charge < -0.3 is 10.6 Å². The van der Waals surface area contributed by atoms with Crippen LogP contribution in [0, 0.1) is 0 Å². The highest BCUT2D eigenvalue weighted by atomic mass is 32.2. The first kappa shape index (κ1) is 19.5. The van der Waals surface area contributed by atoms with Crippen molar-refractivity contribution in [1.29, 1.82) is 0 Å². The highest BCUT2D eigenvalue weighted by Crippen LogP contribution is 2.19. The Bertz CT molecular complexity index is 767. The molecule has 3 rings (SSSR count). The standard InChI is InChI=1S/C20H26N4O2S/c1-27-20-22-13-14-24(20)17-9-7-15(8-10-17)19(26)21-12-11-18(25)23-16-5-3-2-4-6-16/h7-10,13-14,16H,2-6,11-12H2,1H3,(H,21,26)(H,23,25). The number of amides is 2. The third-order valence-corrected chi connectivity index (χ3v) is 5.47. The number of rotatable bonds is 7. The van der Waals surface area contributed by atoms with E-state index in [1.165, 1.54) is 19.3 Å². The van der Waals surface area contributed by atoms with E-state index < -0.39 is 0 Å². The van der Waals surface area contributed by atoms with Gasteiger partial charge in [0.15, 0.2) is 5.16 Å². The fourth-order valence-electron chi connectivity index (χ4n) is 3.35. The van der Waals surface area contributed by atoms with E-state index in [0.29, 0.717) is 24.6 Å². The number of aromatic nitrogens is 2. The van der Waals surface area contributed by atoms with Crippen molar-refractivity contribution < 1.29 is 9.59 Å². The van der Waals surface area contributed by atoms with Crippen LogP contribution in [-0.2, 0) is 4.79 Å². The predicted molar refractivity (Wildman–Crippen MR) is 107 cm³/mol. The molecule has 0 radical (unpaired) electrons. The van der Waals surface area contributed by atoms with E-state index in [0.717, 1.165) is 23.7 Å². The van der Waals surface area contributed by atoms with Crippen molar-refractivity contribution in [2.75, 3.05) is 12.8 Å². The first-order chi connectivity index (χ1) is 13.2. The molecule has 1 fully saturated rings. The second-order valence-corrected chi connectivity index (χ2v) is 7.51. The molecule has 0 aliphatic heterocycles. The third-order valence-electron chi connectivity index (χ3n) is 4.80. The molecule has 2 amide bonds. The molecule has 27 heavy (non-hydrogen) atoms. The molecule has 7 heteroatoms. The van der Waals surface area contributed by atoms with E-state index >= 15 is 0 Å². The number of nitrogens with one attached hydrogen (secondary N) is 2. The lowest BCUT2D eigenvalue weighted by Crippen LogP contribution is -2.38. The lowest BCUT2D eigenvalue weighted by Gasteiger charge is -2.22. The van der Waals surface area contributed by atoms with Crippen LogP contribution < -0.4 is 10.6 Å². The molecule has 1 aromatic heterocycles. The number of hydrogen-bond acceptors (Lipinski definition) is 4. The topological polar surface area (TPSA) is 76.0 Å². The largest absolute Gasteiger partial charge is 0.353 e. The highest BCUT2D eigenvalue weighted by Gasteiger charge is 2.15. The Balaban J connectivity index is 1.46. The molecular weight excluding hydrogens is 360 g/mol. The smallest absolute Gasteiger partial charge is 0.251 e. The molecule has 0 unspecified atom stereocenters. The van der Waals surface area contributed by atoms with Gasteiger partial charge in [-0.15, -0.1) is 0 Å². The zero-order valence-corrected chi connectivity index (χ0v) is 16.4. The van der Waals surface area contributed by atoms with E-state index in [2.05, 4.69) is 15.6 Å². The summed E-state index contributed by atoms with van der Waals surface area (Å²) in [5.41, 5.74) is 1.54. The second-order valence-electron chi connectivity index (χ2n) is 6.74. The molecule has 1 saturated carbocycles. The zero-order chi connectivity index (χ0) is 19.1. The summed E-state index contributed by atoms with van der Waals surface area (Å²) >= 11 is 1.57. The number of carbonyl (C=O) groups excluding carboxylic acids is 2. The van der Waals surface area contributed by atoms with Gasteiger partial charge in [-0.3, -0.25) is 14.2 Å². The molecule has 0 spiro atoms. The molecule has 2 aromatic rings. The molecule has 1 aromatic carbocycles. The molecule has 2 N–H and O–H groups in total. The van der Waals surface area contributed by atoms with Gasteiger partial charge >= 0.3 is 0 Å². The van der Waals surface area contributed by atoms with Gasteiger partial charge in [-0.1, -0.05) is 31.0 Å². The van der Waals surface area contributed by atoms with E-state index in [-0.39, 0.29) is 11.8 Å². The van der Waals surface area contributed by atoms with Gasteiger partial charge in [-0.25, -0.2) is 4.98 Å². The average molecular weight is 387 g/mol. The van der Waals surface area contributed by atoms with Crippen molar-refractivity contribution in [3.05, 3.63) is 42.2 Å². The summed E-state index contributed by atoms with van der Waals surface area (Å²) in [7, 11) is 0. The maximum absolute atomic E-state index is 12.3. The van der Waals surface area contributed by atoms with E-state index in [9.17, 15) is 9.59 Å². The Morgan fingerprint density at radius 2 is 1.93 bits per heavy atom.